The fourth-order valence-electron chi connectivity index (χ4n) is 3.27. The first-order chi connectivity index (χ1) is 16.4. The molecule has 0 spiro atoms. The van der Waals surface area contributed by atoms with Gasteiger partial charge in [0.2, 0.25) is 5.91 Å². The maximum absolute atomic E-state index is 12.7. The molecule has 3 N–H and O–H groups in total. The minimum absolute atomic E-state index is 0.109. The number of para-hydroxylation sites is 2. The second-order valence-corrected chi connectivity index (χ2v) is 7.71. The van der Waals surface area contributed by atoms with E-state index in [-0.39, 0.29) is 43.0 Å². The molecule has 0 bridgehead atoms. The Kier molecular flexibility index (Phi) is 8.44. The van der Waals surface area contributed by atoms with Crippen molar-refractivity contribution in [2.45, 2.75) is 25.3 Å². The Morgan fingerprint density at radius 1 is 1.03 bits per heavy atom. The zero-order valence-corrected chi connectivity index (χ0v) is 18.8. The van der Waals surface area contributed by atoms with Crippen molar-refractivity contribution in [3.63, 3.8) is 0 Å². The summed E-state index contributed by atoms with van der Waals surface area (Å²) in [7, 11) is 1.53. The summed E-state index contributed by atoms with van der Waals surface area (Å²) in [6, 6.07) is 13.3. The third-order valence-electron chi connectivity index (χ3n) is 5.14. The first-order valence-electron chi connectivity index (χ1n) is 10.8. The van der Waals surface area contributed by atoms with E-state index >= 15 is 0 Å². The highest BCUT2D eigenvalue weighted by molar-refractivity contribution is 5.97. The topological polar surface area (TPSA) is 134 Å². The lowest BCUT2D eigenvalue weighted by Crippen LogP contribution is -2.38. The van der Waals surface area contributed by atoms with Crippen LogP contribution in [0.25, 0.3) is 0 Å². The van der Waals surface area contributed by atoms with E-state index < -0.39 is 18.4 Å². The standard InChI is InChI=1S/C24H27N3O7/c1-33-19-4-2-3-5-20(19)34-15-22(29)27(18-10-11-18)13-12-21(28)26-17-8-6-16(7-9-17)24(32)25-14-23(30)31/h2-9,18H,10-15H2,1H3,(H,25,32)(H,26,28)(H,30,31). The van der Waals surface area contributed by atoms with Gasteiger partial charge in [0, 0.05) is 30.3 Å². The van der Waals surface area contributed by atoms with Gasteiger partial charge in [-0.1, -0.05) is 12.1 Å². The third-order valence-corrected chi connectivity index (χ3v) is 5.14. The van der Waals surface area contributed by atoms with Crippen LogP contribution in [0.5, 0.6) is 11.5 Å². The summed E-state index contributed by atoms with van der Waals surface area (Å²) in [6.45, 7) is -0.359. The minimum Gasteiger partial charge on any atom is -0.493 e. The molecule has 3 amide bonds. The molecular weight excluding hydrogens is 442 g/mol. The van der Waals surface area contributed by atoms with Crippen LogP contribution in [0.15, 0.2) is 48.5 Å². The summed E-state index contributed by atoms with van der Waals surface area (Å²) in [5.74, 6) is -1.11. The Balaban J connectivity index is 1.48. The molecule has 0 saturated heterocycles. The lowest BCUT2D eigenvalue weighted by molar-refractivity contribution is -0.136. The van der Waals surface area contributed by atoms with E-state index in [2.05, 4.69) is 10.6 Å². The van der Waals surface area contributed by atoms with Crippen LogP contribution in [-0.2, 0) is 14.4 Å². The molecular formula is C24H27N3O7. The number of anilines is 1. The van der Waals surface area contributed by atoms with Gasteiger partial charge in [0.1, 0.15) is 6.54 Å². The number of hydrogen-bond donors (Lipinski definition) is 3. The number of amides is 3. The lowest BCUT2D eigenvalue weighted by Gasteiger charge is -2.22. The molecule has 0 atom stereocenters. The van der Waals surface area contributed by atoms with Crippen molar-refractivity contribution < 1.29 is 33.8 Å². The molecule has 10 nitrogen and oxygen atoms in total. The van der Waals surface area contributed by atoms with Crippen molar-refractivity contribution in [2.24, 2.45) is 0 Å². The molecule has 2 aromatic carbocycles. The molecule has 1 saturated carbocycles. The van der Waals surface area contributed by atoms with Crippen LogP contribution in [0.4, 0.5) is 5.69 Å². The van der Waals surface area contributed by atoms with Gasteiger partial charge in [0.25, 0.3) is 11.8 Å². The number of aliphatic carboxylic acids is 1. The average molecular weight is 469 g/mol. The molecule has 10 heteroatoms. The van der Waals surface area contributed by atoms with Gasteiger partial charge in [0.15, 0.2) is 18.1 Å². The smallest absolute Gasteiger partial charge is 0.322 e. The van der Waals surface area contributed by atoms with Gasteiger partial charge in [0.05, 0.1) is 7.11 Å². The number of nitrogens with zero attached hydrogens (tertiary/aromatic N) is 1. The molecule has 0 unspecified atom stereocenters. The van der Waals surface area contributed by atoms with Gasteiger partial charge in [-0.05, 0) is 49.2 Å². The zero-order chi connectivity index (χ0) is 24.5. The van der Waals surface area contributed by atoms with Crippen molar-refractivity contribution in [3.05, 3.63) is 54.1 Å². The highest BCUT2D eigenvalue weighted by atomic mass is 16.5. The van der Waals surface area contributed by atoms with Gasteiger partial charge in [-0.15, -0.1) is 0 Å². The van der Waals surface area contributed by atoms with Crippen molar-refractivity contribution in [3.8, 4) is 11.5 Å². The maximum atomic E-state index is 12.7. The van der Waals surface area contributed by atoms with Gasteiger partial charge >= 0.3 is 5.97 Å². The van der Waals surface area contributed by atoms with Crippen LogP contribution in [0.1, 0.15) is 29.6 Å². The van der Waals surface area contributed by atoms with E-state index in [4.69, 9.17) is 14.6 Å². The number of hydrogen-bond acceptors (Lipinski definition) is 6. The third kappa shape index (κ3) is 7.22. The molecule has 1 fully saturated rings. The lowest BCUT2D eigenvalue weighted by atomic mass is 10.2. The fourth-order valence-corrected chi connectivity index (χ4v) is 3.27. The van der Waals surface area contributed by atoms with Crippen LogP contribution >= 0.6 is 0 Å². The molecule has 0 heterocycles. The quantitative estimate of drug-likeness (QED) is 0.432. The van der Waals surface area contributed by atoms with Gasteiger partial charge in [-0.3, -0.25) is 19.2 Å². The number of ether oxygens (including phenoxy) is 2. The number of carboxylic acid groups (broad SMARTS) is 1. The molecule has 2 aromatic rings. The van der Waals surface area contributed by atoms with Crippen LogP contribution in [0, 0.1) is 0 Å². The highest BCUT2D eigenvalue weighted by Crippen LogP contribution is 2.29. The maximum Gasteiger partial charge on any atom is 0.322 e. The van der Waals surface area contributed by atoms with Crippen LogP contribution in [0.3, 0.4) is 0 Å². The number of nitrogens with one attached hydrogen (secondary N) is 2. The normalized spacial score (nSPS) is 12.4. The van der Waals surface area contributed by atoms with Crippen molar-refractivity contribution in [1.29, 1.82) is 0 Å². The summed E-state index contributed by atoms with van der Waals surface area (Å²) < 4.78 is 10.9. The van der Waals surface area contributed by atoms with E-state index in [9.17, 15) is 19.2 Å². The fraction of sp³-hybridized carbons (Fsp3) is 0.333. The number of rotatable bonds is 12. The van der Waals surface area contributed by atoms with E-state index in [1.165, 1.54) is 19.2 Å². The molecule has 0 aliphatic heterocycles. The Bertz CT molecular complexity index is 1040. The summed E-state index contributed by atoms with van der Waals surface area (Å²) >= 11 is 0. The molecule has 0 aromatic heterocycles. The van der Waals surface area contributed by atoms with Gasteiger partial charge in [-0.2, -0.15) is 0 Å². The summed E-state index contributed by atoms with van der Waals surface area (Å²) in [6.07, 6.45) is 1.90. The summed E-state index contributed by atoms with van der Waals surface area (Å²) in [4.78, 5) is 49.2. The number of benzene rings is 2. The molecule has 34 heavy (non-hydrogen) atoms. The van der Waals surface area contributed by atoms with E-state index in [1.54, 1.807) is 35.2 Å². The number of carboxylic acids is 1. The molecule has 0 radical (unpaired) electrons. The van der Waals surface area contributed by atoms with Gasteiger partial charge in [-0.25, -0.2) is 0 Å². The monoisotopic (exact) mass is 469 g/mol. The van der Waals surface area contributed by atoms with Crippen LogP contribution in [-0.4, -0.2) is 66.5 Å². The van der Waals surface area contributed by atoms with Gasteiger partial charge < -0.3 is 30.1 Å². The second-order valence-electron chi connectivity index (χ2n) is 7.71. The second kappa shape index (κ2) is 11.7. The average Bonchev–Trinajstić information content (AvgIpc) is 3.67. The first kappa shape index (κ1) is 24.6. The first-order valence-corrected chi connectivity index (χ1v) is 10.8. The van der Waals surface area contributed by atoms with Crippen molar-refractivity contribution >= 4 is 29.4 Å². The summed E-state index contributed by atoms with van der Waals surface area (Å²) in [5, 5.41) is 13.6. The van der Waals surface area contributed by atoms with E-state index in [1.807, 2.05) is 6.07 Å². The summed E-state index contributed by atoms with van der Waals surface area (Å²) in [5.41, 5.74) is 0.767. The van der Waals surface area contributed by atoms with Crippen LogP contribution in [0.2, 0.25) is 0 Å². The van der Waals surface area contributed by atoms with E-state index in [0.29, 0.717) is 17.2 Å². The minimum atomic E-state index is -1.14. The molecule has 3 rings (SSSR count). The SMILES string of the molecule is COc1ccccc1OCC(=O)N(CCC(=O)Nc1ccc(C(=O)NCC(=O)O)cc1)C1CC1. The Labute approximate surface area is 196 Å². The van der Waals surface area contributed by atoms with E-state index in [0.717, 1.165) is 12.8 Å². The predicted molar refractivity (Wildman–Crippen MR) is 123 cm³/mol. The molecule has 180 valence electrons. The number of carbonyl (C=O) groups is 4. The number of carbonyl (C=O) groups excluding carboxylic acids is 3. The Morgan fingerprint density at radius 3 is 2.32 bits per heavy atom. The predicted octanol–water partition coefficient (Wildman–Crippen LogP) is 1.91. The Hall–Kier alpha value is -4.08. The Morgan fingerprint density at radius 2 is 1.71 bits per heavy atom. The largest absolute Gasteiger partial charge is 0.493 e. The molecule has 1 aliphatic carbocycles. The highest BCUT2D eigenvalue weighted by Gasteiger charge is 2.32. The zero-order valence-electron chi connectivity index (χ0n) is 18.8. The van der Waals surface area contributed by atoms with Crippen LogP contribution < -0.4 is 20.1 Å². The number of methoxy groups -OCH3 is 1. The van der Waals surface area contributed by atoms with Crippen molar-refractivity contribution in [1.82, 2.24) is 10.2 Å². The van der Waals surface area contributed by atoms with Crippen molar-refractivity contribution in [2.75, 3.05) is 32.1 Å². The molecule has 1 aliphatic rings.